The van der Waals surface area contributed by atoms with Gasteiger partial charge in [0.2, 0.25) is 5.95 Å². The van der Waals surface area contributed by atoms with Gasteiger partial charge in [-0.15, -0.1) is 4.33 Å². The molecule has 16 heteroatoms. The second kappa shape index (κ2) is 10.3. The van der Waals surface area contributed by atoms with E-state index in [1.165, 1.54) is 36.5 Å². The van der Waals surface area contributed by atoms with Crippen molar-refractivity contribution in [2.45, 2.75) is 14.7 Å². The summed E-state index contributed by atoms with van der Waals surface area (Å²) >= 11 is 0.532. The molecule has 0 unspecified atom stereocenters. The van der Waals surface area contributed by atoms with Crippen LogP contribution in [0.2, 0.25) is 0 Å². The summed E-state index contributed by atoms with van der Waals surface area (Å²) < 4.78 is 69.1. The molecule has 0 fully saturated rings. The van der Waals surface area contributed by atoms with Crippen LogP contribution < -0.4 is 10.6 Å². The molecule has 13 nitrogen and oxygen atoms in total. The molecule has 0 aliphatic heterocycles. The van der Waals surface area contributed by atoms with E-state index in [2.05, 4.69) is 30.0 Å². The van der Waals surface area contributed by atoms with E-state index in [-0.39, 0.29) is 26.0 Å². The van der Waals surface area contributed by atoms with Gasteiger partial charge in [-0.3, -0.25) is 9.11 Å². The number of anilines is 4. The minimum atomic E-state index is -4.57. The molecule has 36 heavy (non-hydrogen) atoms. The Morgan fingerprint density at radius 3 is 2.22 bits per heavy atom. The first-order chi connectivity index (χ1) is 17.0. The molecule has 0 aliphatic rings. The molecule has 0 saturated heterocycles. The second-order valence-electron chi connectivity index (χ2n) is 7.07. The van der Waals surface area contributed by atoms with E-state index in [1.54, 1.807) is 24.3 Å². The molecule has 0 atom stereocenters. The van der Waals surface area contributed by atoms with Crippen LogP contribution in [0.1, 0.15) is 0 Å². The van der Waals surface area contributed by atoms with Crippen LogP contribution in [0.15, 0.2) is 81.5 Å². The smallest absolute Gasteiger partial charge is 0.295 e. The fourth-order valence-electron chi connectivity index (χ4n) is 3.18. The monoisotopic (exact) mass is 552 g/mol. The lowest BCUT2D eigenvalue weighted by Crippen LogP contribution is -2.02. The van der Waals surface area contributed by atoms with Crippen molar-refractivity contribution in [2.24, 2.45) is 0 Å². The van der Waals surface area contributed by atoms with Crippen molar-refractivity contribution >= 4 is 66.2 Å². The first-order valence-corrected chi connectivity index (χ1v) is 13.3. The molecule has 0 saturated carbocycles. The summed E-state index contributed by atoms with van der Waals surface area (Å²) in [7, 11) is -8.87. The normalized spacial score (nSPS) is 12.0. The van der Waals surface area contributed by atoms with E-state index in [4.69, 9.17) is 9.81 Å². The Bertz CT molecular complexity index is 1630. The van der Waals surface area contributed by atoms with Crippen molar-refractivity contribution in [3.05, 3.63) is 66.9 Å². The zero-order valence-electron chi connectivity index (χ0n) is 17.8. The summed E-state index contributed by atoms with van der Waals surface area (Å²) in [6, 6.07) is 14.3. The number of rotatable bonds is 9. The molecular formula is C20H16N4O9S3. The number of nitrogens with zero attached hydrogens (tertiary/aromatic N) is 2. The third kappa shape index (κ3) is 6.25. The van der Waals surface area contributed by atoms with E-state index < -0.39 is 20.2 Å². The number of aromatic nitrogens is 2. The lowest BCUT2D eigenvalue weighted by atomic mass is 10.1. The van der Waals surface area contributed by atoms with Crippen molar-refractivity contribution in [3.8, 4) is 0 Å². The number of nitrogens with one attached hydrogen (secondary N) is 2. The fraction of sp³-hybridized carbons (Fsp3) is 0. The maximum absolute atomic E-state index is 11.8. The Hall–Kier alpha value is -3.35. The van der Waals surface area contributed by atoms with Crippen LogP contribution in [-0.2, 0) is 29.6 Å². The number of hydrogen-bond acceptors (Lipinski definition) is 12. The first kappa shape index (κ1) is 25.7. The largest absolute Gasteiger partial charge is 0.340 e. The maximum Gasteiger partial charge on any atom is 0.295 e. The standard InChI is InChI=1S/C20H16N4O9S3/c25-32-33-34-15-10-12-9-14(3-6-17(12)18(11-15)36(29,30)31)23-20-21-8-7-19(24-20)22-13-1-4-16(5-2-13)35(26,27)28/h1-11,25H,(H,26,27,28)(H,29,30,31)(H2,21,22,23,24). The summed E-state index contributed by atoms with van der Waals surface area (Å²) in [5.74, 6) is 0.563. The molecule has 0 aliphatic carbocycles. The van der Waals surface area contributed by atoms with Gasteiger partial charge in [0.05, 0.1) is 16.9 Å². The van der Waals surface area contributed by atoms with Crippen LogP contribution >= 0.6 is 12.0 Å². The van der Waals surface area contributed by atoms with Gasteiger partial charge < -0.3 is 10.6 Å². The summed E-state index contributed by atoms with van der Waals surface area (Å²) in [6.07, 6.45) is 1.47. The highest BCUT2D eigenvalue weighted by Crippen LogP contribution is 2.32. The average Bonchev–Trinajstić information content (AvgIpc) is 2.81. The topological polar surface area (TPSA) is 197 Å². The summed E-state index contributed by atoms with van der Waals surface area (Å²) in [5.41, 5.74) is 0.995. The highest BCUT2D eigenvalue weighted by Gasteiger charge is 2.17. The van der Waals surface area contributed by atoms with Gasteiger partial charge >= 0.3 is 0 Å². The van der Waals surface area contributed by atoms with Gasteiger partial charge in [0, 0.05) is 27.9 Å². The van der Waals surface area contributed by atoms with E-state index in [0.29, 0.717) is 34.6 Å². The van der Waals surface area contributed by atoms with Gasteiger partial charge in [-0.25, -0.2) is 10.2 Å². The van der Waals surface area contributed by atoms with E-state index in [1.807, 2.05) is 0 Å². The predicted molar refractivity (Wildman–Crippen MR) is 129 cm³/mol. The van der Waals surface area contributed by atoms with Crippen molar-refractivity contribution < 1.29 is 40.6 Å². The zero-order chi connectivity index (χ0) is 25.9. The minimum Gasteiger partial charge on any atom is -0.340 e. The average molecular weight is 553 g/mol. The number of fused-ring (bicyclic) bond motifs is 1. The Morgan fingerprint density at radius 1 is 0.833 bits per heavy atom. The Balaban J connectivity index is 1.59. The van der Waals surface area contributed by atoms with Crippen molar-refractivity contribution in [2.75, 3.05) is 10.6 Å². The zero-order valence-corrected chi connectivity index (χ0v) is 20.2. The third-order valence-electron chi connectivity index (χ3n) is 4.66. The van der Waals surface area contributed by atoms with Crippen LogP contribution in [-0.4, -0.2) is 41.2 Å². The summed E-state index contributed by atoms with van der Waals surface area (Å²) in [4.78, 5) is 8.08. The predicted octanol–water partition coefficient (Wildman–Crippen LogP) is 4.04. The molecule has 0 amide bonds. The number of hydrogen-bond donors (Lipinski definition) is 5. The van der Waals surface area contributed by atoms with Gasteiger partial charge in [0.25, 0.3) is 20.2 Å². The minimum absolute atomic E-state index is 0.187. The Morgan fingerprint density at radius 2 is 1.56 bits per heavy atom. The van der Waals surface area contributed by atoms with Gasteiger partial charge in [0.1, 0.15) is 10.7 Å². The lowest BCUT2D eigenvalue weighted by Gasteiger charge is -2.11. The fourth-order valence-corrected chi connectivity index (χ4v) is 4.92. The quantitative estimate of drug-likeness (QED) is 0.0862. The molecule has 5 N–H and O–H groups in total. The van der Waals surface area contributed by atoms with Crippen molar-refractivity contribution in [1.29, 1.82) is 0 Å². The van der Waals surface area contributed by atoms with Gasteiger partial charge in [-0.2, -0.15) is 21.8 Å². The number of benzene rings is 3. The molecule has 4 aromatic rings. The van der Waals surface area contributed by atoms with E-state index in [0.717, 1.165) is 6.07 Å². The van der Waals surface area contributed by atoms with Gasteiger partial charge in [0.15, 0.2) is 0 Å². The van der Waals surface area contributed by atoms with Crippen LogP contribution in [0.25, 0.3) is 10.8 Å². The SMILES string of the molecule is O=S(=O)(O)c1ccc(Nc2ccnc(Nc3ccc4c(S(=O)(=O)O)cc(SOOO)cc4c3)n2)cc1. The molecule has 0 spiro atoms. The van der Waals surface area contributed by atoms with E-state index in [9.17, 15) is 21.4 Å². The van der Waals surface area contributed by atoms with Crippen LogP contribution in [0.4, 0.5) is 23.1 Å². The van der Waals surface area contributed by atoms with Gasteiger partial charge in [-0.05, 0) is 60.0 Å². The van der Waals surface area contributed by atoms with Crippen molar-refractivity contribution in [3.63, 3.8) is 0 Å². The molecule has 0 radical (unpaired) electrons. The van der Waals surface area contributed by atoms with Gasteiger partial charge in [-0.1, -0.05) is 11.1 Å². The molecule has 1 aromatic heterocycles. The molecule has 1 heterocycles. The molecule has 3 aromatic carbocycles. The molecule has 4 rings (SSSR count). The summed E-state index contributed by atoms with van der Waals surface area (Å²) in [5, 5.41) is 18.5. The summed E-state index contributed by atoms with van der Waals surface area (Å²) in [6.45, 7) is 0. The van der Waals surface area contributed by atoms with Crippen LogP contribution in [0.3, 0.4) is 0 Å². The lowest BCUT2D eigenvalue weighted by molar-refractivity contribution is -0.432. The second-order valence-corrected chi connectivity index (χ2v) is 10.7. The molecule has 188 valence electrons. The molecule has 0 bridgehead atoms. The maximum atomic E-state index is 11.8. The highest BCUT2D eigenvalue weighted by molar-refractivity contribution is 7.94. The van der Waals surface area contributed by atoms with Crippen LogP contribution in [0, 0.1) is 0 Å². The van der Waals surface area contributed by atoms with Crippen LogP contribution in [0.5, 0.6) is 0 Å². The first-order valence-electron chi connectivity index (χ1n) is 9.68. The Kier molecular flexibility index (Phi) is 7.38. The third-order valence-corrected chi connectivity index (χ3v) is 6.98. The molecular weight excluding hydrogens is 536 g/mol. The van der Waals surface area contributed by atoms with Crippen molar-refractivity contribution in [1.82, 2.24) is 9.97 Å². The van der Waals surface area contributed by atoms with E-state index >= 15 is 0 Å². The Labute approximate surface area is 208 Å². The highest BCUT2D eigenvalue weighted by atomic mass is 32.2.